The molecule has 0 aromatic heterocycles. The number of ether oxygens (including phenoxy) is 6. The van der Waals surface area contributed by atoms with Gasteiger partial charge in [0.15, 0.2) is 11.9 Å². The van der Waals surface area contributed by atoms with Crippen molar-refractivity contribution in [2.24, 2.45) is 0 Å². The molecule has 6 rings (SSSR count). The number of methoxy groups -OCH3 is 1. The monoisotopic (exact) mass is 782 g/mol. The maximum Gasteiger partial charge on any atom is 0.225 e. The lowest BCUT2D eigenvalue weighted by Crippen LogP contribution is -2.72. The molecule has 1 fully saturated rings. The summed E-state index contributed by atoms with van der Waals surface area (Å²) in [5, 5.41) is 11.6. The van der Waals surface area contributed by atoms with Crippen molar-refractivity contribution in [1.29, 1.82) is 0 Å². The zero-order valence-corrected chi connectivity index (χ0v) is 32.6. The molecular formula is C46H48ClFO8. The van der Waals surface area contributed by atoms with E-state index in [4.69, 9.17) is 40.0 Å². The van der Waals surface area contributed by atoms with Crippen LogP contribution in [0.25, 0.3) is 0 Å². The molecule has 294 valence electrons. The number of alkyl halides is 1. The van der Waals surface area contributed by atoms with Crippen LogP contribution in [-0.4, -0.2) is 61.3 Å². The summed E-state index contributed by atoms with van der Waals surface area (Å²) in [6.07, 6.45) is -2.25. The van der Waals surface area contributed by atoms with Crippen LogP contribution in [0.5, 0.6) is 5.75 Å². The van der Waals surface area contributed by atoms with Crippen molar-refractivity contribution in [3.05, 3.63) is 172 Å². The zero-order valence-electron chi connectivity index (χ0n) is 31.8. The quantitative estimate of drug-likeness (QED) is 0.0885. The summed E-state index contributed by atoms with van der Waals surface area (Å²) in [6.45, 7) is 2.48. The topological polar surface area (TPSA) is 92.7 Å². The van der Waals surface area contributed by atoms with Gasteiger partial charge in [-0.25, -0.2) is 4.39 Å². The van der Waals surface area contributed by atoms with E-state index in [1.54, 1.807) is 24.3 Å². The van der Waals surface area contributed by atoms with Gasteiger partial charge in [0.25, 0.3) is 0 Å². The SMILES string of the molecule is CO[C@@]1(c2ccc(Cl)c(Cc3ccc(OCC(C)(C)F)cc3)c2)O[C@](C=O)(CO)[C@@H](OCc2ccccc2)[C@H](OCc2ccccc2)[C@H]1OCc1ccccc1. The third-order valence-corrected chi connectivity index (χ3v) is 10.1. The van der Waals surface area contributed by atoms with Gasteiger partial charge in [0.2, 0.25) is 5.79 Å². The molecule has 5 aromatic carbocycles. The van der Waals surface area contributed by atoms with Gasteiger partial charge in [0.1, 0.15) is 36.3 Å². The Morgan fingerprint density at radius 2 is 1.29 bits per heavy atom. The lowest BCUT2D eigenvalue weighted by Gasteiger charge is -2.55. The minimum absolute atomic E-state index is 0.0723. The van der Waals surface area contributed by atoms with Crippen LogP contribution in [0.1, 0.15) is 47.2 Å². The van der Waals surface area contributed by atoms with E-state index in [2.05, 4.69) is 0 Å². The number of carbonyl (C=O) groups excluding carboxylic acids is 1. The van der Waals surface area contributed by atoms with E-state index in [0.717, 1.165) is 27.8 Å². The van der Waals surface area contributed by atoms with Crippen molar-refractivity contribution in [3.8, 4) is 5.75 Å². The highest BCUT2D eigenvalue weighted by molar-refractivity contribution is 6.31. The molecule has 0 amide bonds. The molecule has 1 saturated heterocycles. The van der Waals surface area contributed by atoms with E-state index in [9.17, 15) is 14.3 Å². The first-order valence-electron chi connectivity index (χ1n) is 18.6. The fourth-order valence-electron chi connectivity index (χ4n) is 6.81. The standard InChI is InChI=1S/C46H48ClFO8/c1-44(2,48)32-55-39-22-19-33(20-23-39)25-37-26-38(21-24-40(37)47)46(51-3)43(54-29-36-17-11-6-12-18-36)41(52-27-34-13-7-4-8-14-34)42(45(30-49,31-50)56-46)53-28-35-15-9-5-10-16-35/h4-24,26,30,41-43,50H,25,27-29,31-32H2,1-3H3/t41-,42-,43+,45+,46-/m0/s1. The molecule has 0 unspecified atom stereocenters. The first-order chi connectivity index (χ1) is 27.1. The van der Waals surface area contributed by atoms with E-state index in [0.29, 0.717) is 29.0 Å². The Kier molecular flexibility index (Phi) is 13.7. The molecule has 0 bridgehead atoms. The molecule has 0 aliphatic carbocycles. The molecule has 5 atom stereocenters. The van der Waals surface area contributed by atoms with Crippen molar-refractivity contribution >= 4 is 17.9 Å². The number of carbonyl (C=O) groups is 1. The summed E-state index contributed by atoms with van der Waals surface area (Å²) in [4.78, 5) is 13.4. The van der Waals surface area contributed by atoms with Crippen LogP contribution in [0.3, 0.4) is 0 Å². The summed E-state index contributed by atoms with van der Waals surface area (Å²) < 4.78 is 53.0. The molecule has 1 aliphatic rings. The van der Waals surface area contributed by atoms with Gasteiger partial charge in [-0.05, 0) is 72.4 Å². The van der Waals surface area contributed by atoms with Crippen LogP contribution < -0.4 is 4.74 Å². The van der Waals surface area contributed by atoms with Gasteiger partial charge in [-0.2, -0.15) is 0 Å². The van der Waals surface area contributed by atoms with Crippen LogP contribution in [0.15, 0.2) is 133 Å². The highest BCUT2D eigenvalue weighted by Gasteiger charge is 2.64. The number of rotatable bonds is 18. The molecule has 0 saturated carbocycles. The van der Waals surface area contributed by atoms with Gasteiger partial charge >= 0.3 is 0 Å². The van der Waals surface area contributed by atoms with Crippen molar-refractivity contribution in [3.63, 3.8) is 0 Å². The number of aliphatic hydroxyl groups is 1. The summed E-state index contributed by atoms with van der Waals surface area (Å²) in [6, 6.07) is 41.5. The van der Waals surface area contributed by atoms with Gasteiger partial charge in [0, 0.05) is 17.7 Å². The van der Waals surface area contributed by atoms with Crippen molar-refractivity contribution < 1.29 is 42.7 Å². The Morgan fingerprint density at radius 1 is 0.750 bits per heavy atom. The van der Waals surface area contributed by atoms with E-state index < -0.39 is 42.0 Å². The third-order valence-electron chi connectivity index (χ3n) is 9.72. The zero-order chi connectivity index (χ0) is 39.6. The van der Waals surface area contributed by atoms with Crippen molar-refractivity contribution in [2.75, 3.05) is 20.3 Å². The first-order valence-corrected chi connectivity index (χ1v) is 18.9. The molecule has 1 N–H and O–H groups in total. The largest absolute Gasteiger partial charge is 0.490 e. The highest BCUT2D eigenvalue weighted by Crippen LogP contribution is 2.48. The average molecular weight is 783 g/mol. The third kappa shape index (κ3) is 9.91. The minimum atomic E-state index is -1.96. The Labute approximate surface area is 333 Å². The molecule has 1 heterocycles. The van der Waals surface area contributed by atoms with Crippen LogP contribution in [-0.2, 0) is 60.5 Å². The number of hydrogen-bond acceptors (Lipinski definition) is 8. The number of hydrogen-bond donors (Lipinski definition) is 1. The Bertz CT molecular complexity index is 1980. The number of aliphatic hydroxyl groups excluding tert-OH is 1. The van der Waals surface area contributed by atoms with E-state index in [1.807, 2.05) is 109 Å². The van der Waals surface area contributed by atoms with Crippen LogP contribution in [0, 0.1) is 0 Å². The maximum absolute atomic E-state index is 14.1. The van der Waals surface area contributed by atoms with Gasteiger partial charge in [0.05, 0.1) is 26.4 Å². The molecule has 1 aliphatic heterocycles. The predicted octanol–water partition coefficient (Wildman–Crippen LogP) is 8.57. The lowest BCUT2D eigenvalue weighted by molar-refractivity contribution is -0.401. The smallest absolute Gasteiger partial charge is 0.225 e. The summed E-state index contributed by atoms with van der Waals surface area (Å²) in [7, 11) is 1.47. The van der Waals surface area contributed by atoms with Gasteiger partial charge in [-0.1, -0.05) is 121 Å². The summed E-state index contributed by atoms with van der Waals surface area (Å²) >= 11 is 6.84. The maximum atomic E-state index is 14.1. The summed E-state index contributed by atoms with van der Waals surface area (Å²) in [5.41, 5.74) is 1.32. The Balaban J connectivity index is 1.42. The second-order valence-electron chi connectivity index (χ2n) is 14.5. The molecule has 0 radical (unpaired) electrons. The number of aldehydes is 1. The minimum Gasteiger partial charge on any atom is -0.490 e. The Morgan fingerprint density at radius 3 is 1.79 bits per heavy atom. The molecule has 56 heavy (non-hydrogen) atoms. The van der Waals surface area contributed by atoms with Gasteiger partial charge in [-0.15, -0.1) is 0 Å². The van der Waals surface area contributed by atoms with Crippen LogP contribution in [0.4, 0.5) is 4.39 Å². The van der Waals surface area contributed by atoms with Crippen molar-refractivity contribution in [2.45, 2.75) is 75.5 Å². The normalized spacial score (nSPS) is 22.4. The average Bonchev–Trinajstić information content (AvgIpc) is 3.22. The van der Waals surface area contributed by atoms with Gasteiger partial charge < -0.3 is 33.5 Å². The van der Waals surface area contributed by atoms with E-state index in [-0.39, 0.29) is 26.4 Å². The second-order valence-corrected chi connectivity index (χ2v) is 14.9. The first kappa shape index (κ1) is 41.2. The fourth-order valence-corrected chi connectivity index (χ4v) is 6.99. The predicted molar refractivity (Wildman–Crippen MR) is 212 cm³/mol. The van der Waals surface area contributed by atoms with E-state index >= 15 is 0 Å². The molecule has 8 nitrogen and oxygen atoms in total. The molecule has 0 spiro atoms. The van der Waals surface area contributed by atoms with Crippen LogP contribution >= 0.6 is 11.6 Å². The lowest BCUT2D eigenvalue weighted by atomic mass is 9.80. The highest BCUT2D eigenvalue weighted by atomic mass is 35.5. The van der Waals surface area contributed by atoms with Gasteiger partial charge in [-0.3, -0.25) is 4.79 Å². The number of halogens is 2. The number of benzene rings is 5. The summed E-state index contributed by atoms with van der Waals surface area (Å²) in [5.74, 6) is -1.27. The van der Waals surface area contributed by atoms with E-state index in [1.165, 1.54) is 21.0 Å². The van der Waals surface area contributed by atoms with Crippen molar-refractivity contribution in [1.82, 2.24) is 0 Å². The molecular weight excluding hydrogens is 735 g/mol. The Hall–Kier alpha value is -4.45. The van der Waals surface area contributed by atoms with Crippen LogP contribution in [0.2, 0.25) is 5.02 Å². The molecule has 5 aromatic rings. The fraction of sp³-hybridized carbons (Fsp3) is 0.326. The second kappa shape index (κ2) is 18.7. The molecule has 10 heteroatoms.